The maximum absolute atomic E-state index is 13.6. The van der Waals surface area contributed by atoms with Crippen LogP contribution in [0.15, 0.2) is 101 Å². The Labute approximate surface area is 197 Å². The van der Waals surface area contributed by atoms with Crippen LogP contribution in [0.4, 0.5) is 0 Å². The Balaban J connectivity index is 1.73. The van der Waals surface area contributed by atoms with Crippen molar-refractivity contribution in [3.05, 3.63) is 102 Å². The Kier molecular flexibility index (Phi) is 5.25. The molecule has 172 valence electrons. The smallest absolute Gasteiger partial charge is 0.268 e. The number of benzene rings is 3. The van der Waals surface area contributed by atoms with Crippen molar-refractivity contribution in [2.45, 2.75) is 30.9 Å². The van der Waals surface area contributed by atoms with Crippen LogP contribution in [0.1, 0.15) is 31.4 Å². The first-order valence-corrected chi connectivity index (χ1v) is 12.4. The van der Waals surface area contributed by atoms with E-state index in [-0.39, 0.29) is 10.8 Å². The third-order valence-electron chi connectivity index (χ3n) is 6.00. The van der Waals surface area contributed by atoms with E-state index in [4.69, 9.17) is 4.74 Å². The lowest BCUT2D eigenvalue weighted by Crippen LogP contribution is -2.43. The lowest BCUT2D eigenvalue weighted by molar-refractivity contribution is -0.149. The molecule has 7 nitrogen and oxygen atoms in total. The number of nitrogens with zero attached hydrogens (tertiary/aromatic N) is 3. The van der Waals surface area contributed by atoms with Crippen LogP contribution in [-0.2, 0) is 25.3 Å². The van der Waals surface area contributed by atoms with Gasteiger partial charge >= 0.3 is 0 Å². The van der Waals surface area contributed by atoms with Crippen molar-refractivity contribution < 1.29 is 17.9 Å². The van der Waals surface area contributed by atoms with Crippen molar-refractivity contribution in [1.29, 1.82) is 0 Å². The fourth-order valence-corrected chi connectivity index (χ4v) is 5.76. The van der Waals surface area contributed by atoms with Gasteiger partial charge in [0.05, 0.1) is 10.4 Å². The van der Waals surface area contributed by atoms with Crippen LogP contribution < -0.4 is 0 Å². The number of rotatable bonds is 5. The maximum Gasteiger partial charge on any atom is 0.268 e. The second-order valence-corrected chi connectivity index (χ2v) is 9.83. The van der Waals surface area contributed by atoms with Crippen LogP contribution in [0.3, 0.4) is 0 Å². The highest BCUT2D eigenvalue weighted by Crippen LogP contribution is 2.44. The van der Waals surface area contributed by atoms with E-state index in [2.05, 4.69) is 5.10 Å². The average Bonchev–Trinajstić information content (AvgIpc) is 3.46. The number of hydrogen-bond acceptors (Lipinski definition) is 5. The third kappa shape index (κ3) is 3.30. The van der Waals surface area contributed by atoms with Gasteiger partial charge in [-0.2, -0.15) is 5.01 Å². The van der Waals surface area contributed by atoms with Gasteiger partial charge in [0, 0.05) is 36.1 Å². The van der Waals surface area contributed by atoms with Gasteiger partial charge in [-0.3, -0.25) is 4.79 Å². The number of carbonyl (C=O) groups is 1. The molecule has 8 heteroatoms. The molecule has 0 bridgehead atoms. The summed E-state index contributed by atoms with van der Waals surface area (Å²) < 4.78 is 34.9. The SMILES string of the molecule is CCC1(c2cn(S(=O)(=O)c3ccccc3)c3ccccc23)OC(c2ccccc2)=NN1C(C)=O. The molecule has 3 aromatic carbocycles. The summed E-state index contributed by atoms with van der Waals surface area (Å²) in [6, 6.07) is 24.8. The third-order valence-corrected chi connectivity index (χ3v) is 7.68. The quantitative estimate of drug-likeness (QED) is 0.421. The minimum Gasteiger partial charge on any atom is -0.443 e. The number of hydrazone groups is 1. The van der Waals surface area contributed by atoms with Gasteiger partial charge in [0.15, 0.2) is 0 Å². The molecule has 0 fully saturated rings. The fourth-order valence-electron chi connectivity index (χ4n) is 4.36. The van der Waals surface area contributed by atoms with Gasteiger partial charge in [0.1, 0.15) is 0 Å². The molecule has 0 saturated carbocycles. The van der Waals surface area contributed by atoms with Gasteiger partial charge in [-0.25, -0.2) is 12.4 Å². The Hall–Kier alpha value is -3.91. The number of amides is 1. The summed E-state index contributed by atoms with van der Waals surface area (Å²) in [5, 5.41) is 6.50. The molecule has 5 rings (SSSR count). The van der Waals surface area contributed by atoms with E-state index >= 15 is 0 Å². The first kappa shape index (κ1) is 21.9. The first-order chi connectivity index (χ1) is 16.4. The van der Waals surface area contributed by atoms with E-state index in [1.54, 1.807) is 48.7 Å². The summed E-state index contributed by atoms with van der Waals surface area (Å²) in [7, 11) is -3.89. The van der Waals surface area contributed by atoms with Crippen molar-refractivity contribution in [1.82, 2.24) is 8.98 Å². The van der Waals surface area contributed by atoms with Crippen LogP contribution in [-0.4, -0.2) is 29.2 Å². The highest BCUT2D eigenvalue weighted by molar-refractivity contribution is 7.90. The predicted molar refractivity (Wildman–Crippen MR) is 130 cm³/mol. The fraction of sp³-hybridized carbons (Fsp3) is 0.154. The van der Waals surface area contributed by atoms with E-state index < -0.39 is 15.7 Å². The number of aromatic nitrogens is 1. The van der Waals surface area contributed by atoms with Crippen molar-refractivity contribution in [3.63, 3.8) is 0 Å². The van der Waals surface area contributed by atoms with Crippen LogP contribution in [0.25, 0.3) is 10.9 Å². The summed E-state index contributed by atoms with van der Waals surface area (Å²) in [6.45, 7) is 3.31. The summed E-state index contributed by atoms with van der Waals surface area (Å²) in [6.07, 6.45) is 1.90. The second-order valence-electron chi connectivity index (χ2n) is 8.02. The predicted octanol–water partition coefficient (Wildman–Crippen LogP) is 4.68. The summed E-state index contributed by atoms with van der Waals surface area (Å²) in [5.74, 6) is -0.00377. The molecule has 0 radical (unpaired) electrons. The first-order valence-electron chi connectivity index (χ1n) is 10.9. The summed E-state index contributed by atoms with van der Waals surface area (Å²) >= 11 is 0. The van der Waals surface area contributed by atoms with E-state index in [1.807, 2.05) is 49.4 Å². The lowest BCUT2D eigenvalue weighted by atomic mass is 9.98. The molecule has 2 heterocycles. The molecule has 1 unspecified atom stereocenters. The zero-order valence-corrected chi connectivity index (χ0v) is 19.6. The molecular formula is C26H23N3O4S. The Morgan fingerprint density at radius 2 is 1.56 bits per heavy atom. The van der Waals surface area contributed by atoms with E-state index in [1.165, 1.54) is 15.9 Å². The molecule has 0 saturated heterocycles. The van der Waals surface area contributed by atoms with Gasteiger partial charge in [0.25, 0.3) is 10.0 Å². The van der Waals surface area contributed by atoms with Gasteiger partial charge in [-0.15, -0.1) is 5.10 Å². The summed E-state index contributed by atoms with van der Waals surface area (Å²) in [4.78, 5) is 12.9. The largest absolute Gasteiger partial charge is 0.443 e. The van der Waals surface area contributed by atoms with Gasteiger partial charge in [-0.1, -0.05) is 61.5 Å². The Morgan fingerprint density at radius 3 is 2.21 bits per heavy atom. The number of ether oxygens (including phenoxy) is 1. The van der Waals surface area contributed by atoms with Crippen LogP contribution >= 0.6 is 0 Å². The zero-order chi connectivity index (χ0) is 23.9. The Morgan fingerprint density at radius 1 is 0.941 bits per heavy atom. The minimum atomic E-state index is -3.89. The van der Waals surface area contributed by atoms with E-state index in [9.17, 15) is 13.2 Å². The topological polar surface area (TPSA) is 81.0 Å². The standard InChI is InChI=1S/C26H23N3O4S/c1-3-26(29(19(2)30)27-25(33-26)20-12-6-4-7-13-20)23-18-28(24-17-11-10-16-22(23)24)34(31,32)21-14-8-5-9-15-21/h4-18H,3H2,1-2H3. The molecule has 1 atom stereocenters. The minimum absolute atomic E-state index is 0.171. The molecule has 0 spiro atoms. The molecule has 1 amide bonds. The van der Waals surface area contributed by atoms with E-state index in [0.717, 1.165) is 5.56 Å². The molecule has 1 aliphatic rings. The highest BCUT2D eigenvalue weighted by Gasteiger charge is 2.49. The van der Waals surface area contributed by atoms with Crippen LogP contribution in [0.2, 0.25) is 0 Å². The Bertz CT molecular complexity index is 1510. The van der Waals surface area contributed by atoms with Gasteiger partial charge in [0.2, 0.25) is 17.5 Å². The number of fused-ring (bicyclic) bond motifs is 1. The highest BCUT2D eigenvalue weighted by atomic mass is 32.2. The summed E-state index contributed by atoms with van der Waals surface area (Å²) in [5.41, 5.74) is 0.475. The van der Waals surface area contributed by atoms with Crippen LogP contribution in [0.5, 0.6) is 0 Å². The lowest BCUT2D eigenvalue weighted by Gasteiger charge is -2.33. The van der Waals surface area contributed by atoms with Crippen LogP contribution in [0, 0.1) is 0 Å². The molecule has 0 aliphatic carbocycles. The van der Waals surface area contributed by atoms with E-state index in [0.29, 0.717) is 28.8 Å². The number of carbonyl (C=O) groups excluding carboxylic acids is 1. The molecule has 1 aliphatic heterocycles. The monoisotopic (exact) mass is 473 g/mol. The molecule has 4 aromatic rings. The molecule has 34 heavy (non-hydrogen) atoms. The maximum atomic E-state index is 13.6. The normalized spacial score (nSPS) is 18.1. The van der Waals surface area contributed by atoms with Gasteiger partial charge < -0.3 is 4.74 Å². The van der Waals surface area contributed by atoms with Crippen molar-refractivity contribution in [2.75, 3.05) is 0 Å². The van der Waals surface area contributed by atoms with Crippen molar-refractivity contribution in [2.24, 2.45) is 5.10 Å². The average molecular weight is 474 g/mol. The van der Waals surface area contributed by atoms with Crippen molar-refractivity contribution in [3.8, 4) is 0 Å². The zero-order valence-electron chi connectivity index (χ0n) is 18.8. The molecule has 1 aromatic heterocycles. The molecule has 0 N–H and O–H groups in total. The second kappa shape index (κ2) is 8.14. The molecular weight excluding hydrogens is 450 g/mol. The number of hydrogen-bond donors (Lipinski definition) is 0. The van der Waals surface area contributed by atoms with Gasteiger partial charge in [-0.05, 0) is 30.3 Å². The number of para-hydroxylation sites is 1. The van der Waals surface area contributed by atoms with Crippen molar-refractivity contribution >= 4 is 32.7 Å².